The summed E-state index contributed by atoms with van der Waals surface area (Å²) in [5.41, 5.74) is 1.39. The molecule has 2 N–H and O–H groups in total. The molecule has 1 heterocycles. The standard InChI is InChI=1S/C9H13F2N2OP.CH5N/c10-9(11,15)8-13-12-7(14-8)6-4-2-1-3-5-6;1-2/h6H,1-5,15H2;2H2,1H3. The fourth-order valence-electron chi connectivity index (χ4n) is 1.88. The second kappa shape index (κ2) is 6.36. The van der Waals surface area contributed by atoms with Crippen molar-refractivity contribution in [2.45, 2.75) is 43.7 Å². The molecular weight excluding hydrogens is 247 g/mol. The predicted octanol–water partition coefficient (Wildman–Crippen LogP) is 2.62. The van der Waals surface area contributed by atoms with Crippen LogP contribution in [0.2, 0.25) is 0 Å². The maximum Gasteiger partial charge on any atom is 0.334 e. The zero-order chi connectivity index (χ0) is 12.9. The van der Waals surface area contributed by atoms with E-state index in [1.54, 1.807) is 0 Å². The van der Waals surface area contributed by atoms with Crippen molar-refractivity contribution in [3.05, 3.63) is 11.8 Å². The monoisotopic (exact) mass is 265 g/mol. The number of alkyl halides is 2. The molecular formula is C10H18F2N3OP. The SMILES string of the molecule is CN.FC(F)(P)c1nnc(C2CCCCC2)o1. The highest BCUT2D eigenvalue weighted by Crippen LogP contribution is 2.37. The van der Waals surface area contributed by atoms with Gasteiger partial charge >= 0.3 is 5.66 Å². The van der Waals surface area contributed by atoms with Crippen molar-refractivity contribution in [1.29, 1.82) is 0 Å². The van der Waals surface area contributed by atoms with E-state index in [0.29, 0.717) is 5.89 Å². The van der Waals surface area contributed by atoms with Gasteiger partial charge in [0.1, 0.15) is 0 Å². The van der Waals surface area contributed by atoms with Gasteiger partial charge in [-0.1, -0.05) is 28.5 Å². The Morgan fingerprint density at radius 1 is 1.24 bits per heavy atom. The molecule has 1 aromatic heterocycles. The molecule has 4 nitrogen and oxygen atoms in total. The molecule has 1 atom stereocenters. The van der Waals surface area contributed by atoms with E-state index in [1.807, 2.05) is 0 Å². The van der Waals surface area contributed by atoms with Crippen LogP contribution in [0.25, 0.3) is 0 Å². The third-order valence-corrected chi connectivity index (χ3v) is 2.93. The minimum atomic E-state index is -3.11. The third-order valence-electron chi connectivity index (χ3n) is 2.68. The van der Waals surface area contributed by atoms with Crippen molar-refractivity contribution >= 4 is 9.24 Å². The van der Waals surface area contributed by atoms with E-state index in [1.165, 1.54) is 22.7 Å². The van der Waals surface area contributed by atoms with Crippen molar-refractivity contribution in [2.24, 2.45) is 5.73 Å². The van der Waals surface area contributed by atoms with Gasteiger partial charge in [0.2, 0.25) is 5.89 Å². The molecule has 1 saturated carbocycles. The molecule has 0 saturated heterocycles. The molecule has 0 aliphatic heterocycles. The second-order valence-corrected chi connectivity index (χ2v) is 4.63. The summed E-state index contributed by atoms with van der Waals surface area (Å²) in [4.78, 5) is 0. The van der Waals surface area contributed by atoms with Crippen LogP contribution in [-0.4, -0.2) is 17.2 Å². The van der Waals surface area contributed by atoms with E-state index in [4.69, 9.17) is 4.42 Å². The maximum absolute atomic E-state index is 12.8. The van der Waals surface area contributed by atoms with Crippen LogP contribution in [0.15, 0.2) is 4.42 Å². The zero-order valence-corrected chi connectivity index (χ0v) is 11.0. The summed E-state index contributed by atoms with van der Waals surface area (Å²) in [5, 5.41) is 7.07. The highest BCUT2D eigenvalue weighted by molar-refractivity contribution is 7.17. The van der Waals surface area contributed by atoms with Crippen LogP contribution < -0.4 is 5.73 Å². The first-order valence-corrected chi connectivity index (χ1v) is 6.23. The largest absolute Gasteiger partial charge is 0.419 e. The highest BCUT2D eigenvalue weighted by atomic mass is 31.0. The summed E-state index contributed by atoms with van der Waals surface area (Å²) in [6.45, 7) is 0. The summed E-state index contributed by atoms with van der Waals surface area (Å²) in [6, 6.07) is 0. The lowest BCUT2D eigenvalue weighted by molar-refractivity contribution is 0.0679. The molecule has 1 aliphatic rings. The Bertz CT molecular complexity index is 335. The molecule has 7 heteroatoms. The van der Waals surface area contributed by atoms with Gasteiger partial charge in [0, 0.05) is 5.92 Å². The molecule has 0 spiro atoms. The Hall–Kier alpha value is -0.610. The minimum Gasteiger partial charge on any atom is -0.419 e. The number of aromatic nitrogens is 2. The van der Waals surface area contributed by atoms with Crippen molar-refractivity contribution < 1.29 is 13.2 Å². The van der Waals surface area contributed by atoms with Crippen LogP contribution in [0, 0.1) is 0 Å². The normalized spacial score (nSPS) is 17.5. The first-order chi connectivity index (χ1) is 8.07. The zero-order valence-electron chi connectivity index (χ0n) is 9.83. The lowest BCUT2D eigenvalue weighted by atomic mass is 9.89. The van der Waals surface area contributed by atoms with Gasteiger partial charge in [0.05, 0.1) is 0 Å². The van der Waals surface area contributed by atoms with Crippen LogP contribution in [0.4, 0.5) is 8.78 Å². The molecule has 1 aromatic rings. The summed E-state index contributed by atoms with van der Waals surface area (Å²) in [7, 11) is 2.90. The third kappa shape index (κ3) is 3.96. The van der Waals surface area contributed by atoms with Gasteiger partial charge in [-0.25, -0.2) is 0 Å². The van der Waals surface area contributed by atoms with Crippen molar-refractivity contribution in [1.82, 2.24) is 10.2 Å². The molecule has 17 heavy (non-hydrogen) atoms. The average molecular weight is 265 g/mol. The van der Waals surface area contributed by atoms with E-state index in [-0.39, 0.29) is 5.92 Å². The fraction of sp³-hybridized carbons (Fsp3) is 0.800. The Morgan fingerprint density at radius 2 is 1.82 bits per heavy atom. The molecule has 0 amide bonds. The molecule has 1 unspecified atom stereocenters. The van der Waals surface area contributed by atoms with Crippen LogP contribution in [0.5, 0.6) is 0 Å². The van der Waals surface area contributed by atoms with Gasteiger partial charge in [-0.2, -0.15) is 8.78 Å². The number of nitrogens with zero attached hydrogens (tertiary/aromatic N) is 2. The first-order valence-electron chi connectivity index (χ1n) is 5.65. The predicted molar refractivity (Wildman–Crippen MR) is 63.8 cm³/mol. The summed E-state index contributed by atoms with van der Waals surface area (Å²) < 4.78 is 30.6. The Kier molecular flexibility index (Phi) is 5.40. The minimum absolute atomic E-state index is 0.173. The average Bonchev–Trinajstić information content (AvgIpc) is 2.82. The molecule has 0 aromatic carbocycles. The van der Waals surface area contributed by atoms with Crippen LogP contribution in [0.3, 0.4) is 0 Å². The van der Waals surface area contributed by atoms with Gasteiger partial charge < -0.3 is 10.2 Å². The maximum atomic E-state index is 12.8. The van der Waals surface area contributed by atoms with E-state index >= 15 is 0 Å². The van der Waals surface area contributed by atoms with Crippen molar-refractivity contribution in [3.8, 4) is 0 Å². The van der Waals surface area contributed by atoms with Crippen molar-refractivity contribution in [2.75, 3.05) is 7.05 Å². The summed E-state index contributed by atoms with van der Waals surface area (Å²) in [6.07, 6.45) is 5.35. The van der Waals surface area contributed by atoms with E-state index in [2.05, 4.69) is 15.9 Å². The topological polar surface area (TPSA) is 64.9 Å². The van der Waals surface area contributed by atoms with E-state index in [9.17, 15) is 8.78 Å². The molecule has 1 aliphatic carbocycles. The molecule has 0 bridgehead atoms. The Morgan fingerprint density at radius 3 is 2.29 bits per heavy atom. The number of rotatable bonds is 2. The Balaban J connectivity index is 0.000000686. The smallest absolute Gasteiger partial charge is 0.334 e. The van der Waals surface area contributed by atoms with E-state index < -0.39 is 11.6 Å². The lowest BCUT2D eigenvalue weighted by Gasteiger charge is -2.17. The van der Waals surface area contributed by atoms with Crippen LogP contribution >= 0.6 is 9.24 Å². The van der Waals surface area contributed by atoms with Gasteiger partial charge in [-0.05, 0) is 19.9 Å². The molecule has 1 fully saturated rings. The molecule has 98 valence electrons. The molecule has 2 rings (SSSR count). The lowest BCUT2D eigenvalue weighted by Crippen LogP contribution is -2.04. The van der Waals surface area contributed by atoms with Gasteiger partial charge in [0.25, 0.3) is 5.89 Å². The first kappa shape index (κ1) is 14.5. The van der Waals surface area contributed by atoms with Crippen LogP contribution in [0.1, 0.15) is 49.8 Å². The quantitative estimate of drug-likeness (QED) is 0.835. The summed E-state index contributed by atoms with van der Waals surface area (Å²) >= 11 is 0. The highest BCUT2D eigenvalue weighted by Gasteiger charge is 2.33. The summed E-state index contributed by atoms with van der Waals surface area (Å²) in [5.74, 6) is -0.0627. The number of halogens is 2. The fourth-order valence-corrected chi connectivity index (χ4v) is 2.00. The Labute approximate surface area is 102 Å². The van der Waals surface area contributed by atoms with Crippen molar-refractivity contribution in [3.63, 3.8) is 0 Å². The van der Waals surface area contributed by atoms with Gasteiger partial charge in [-0.15, -0.1) is 10.2 Å². The second-order valence-electron chi connectivity index (χ2n) is 3.90. The number of nitrogens with two attached hydrogens (primary N) is 1. The number of hydrogen-bond acceptors (Lipinski definition) is 4. The van der Waals surface area contributed by atoms with E-state index in [0.717, 1.165) is 25.7 Å². The molecule has 0 radical (unpaired) electrons. The van der Waals surface area contributed by atoms with Gasteiger partial charge in [-0.3, -0.25) is 0 Å². The van der Waals surface area contributed by atoms with Gasteiger partial charge in [0.15, 0.2) is 0 Å². The number of hydrogen-bond donors (Lipinski definition) is 1. The van der Waals surface area contributed by atoms with Crippen LogP contribution in [-0.2, 0) is 5.66 Å².